The summed E-state index contributed by atoms with van der Waals surface area (Å²) in [6.45, 7) is 0. The maximum absolute atomic E-state index is 2.43. The van der Waals surface area contributed by atoms with E-state index in [1.165, 1.54) is 41.5 Å². The zero-order chi connectivity index (χ0) is 13.0. The third kappa shape index (κ3) is 1.83. The monoisotopic (exact) mass is 468 g/mol. The summed E-state index contributed by atoms with van der Waals surface area (Å²) in [5, 5.41) is 8.26. The molecule has 4 aromatic rings. The first kappa shape index (κ1) is 12.1. The van der Waals surface area contributed by atoms with Gasteiger partial charge in [0.25, 0.3) is 0 Å². The summed E-state index contributed by atoms with van der Waals surface area (Å²) >= 11 is 4.83. The van der Waals surface area contributed by atoms with Gasteiger partial charge in [-0.05, 0) is 72.6 Å². The first-order valence-electron chi connectivity index (χ1n) is 6.19. The van der Waals surface area contributed by atoms with E-state index in [9.17, 15) is 0 Å². The number of alkyl halides is 1. The standard InChI is InChI=1S/C17H10I2/c18-9-10-5-11-1-3-13-7-15(19)8-14-4-2-12(6-10)16(11)17(13)14/h1-8H,9H2. The smallest absolute Gasteiger partial charge is 0.0247 e. The Kier molecular flexibility index (Phi) is 2.84. The van der Waals surface area contributed by atoms with E-state index in [0.717, 1.165) is 4.43 Å². The van der Waals surface area contributed by atoms with Gasteiger partial charge in [0.1, 0.15) is 0 Å². The highest BCUT2D eigenvalue weighted by Crippen LogP contribution is 2.36. The molecule has 4 aromatic carbocycles. The molecule has 0 aliphatic carbocycles. The summed E-state index contributed by atoms with van der Waals surface area (Å²) < 4.78 is 2.36. The van der Waals surface area contributed by atoms with Crippen LogP contribution in [0.2, 0.25) is 0 Å². The number of hydrogen-bond donors (Lipinski definition) is 0. The van der Waals surface area contributed by atoms with Crippen LogP contribution in [0.5, 0.6) is 0 Å². The Morgan fingerprint density at radius 3 is 1.53 bits per heavy atom. The molecule has 2 heteroatoms. The average molecular weight is 468 g/mol. The summed E-state index contributed by atoms with van der Waals surface area (Å²) in [6, 6.07) is 18.2. The zero-order valence-electron chi connectivity index (χ0n) is 10.1. The molecule has 0 unspecified atom stereocenters. The lowest BCUT2D eigenvalue weighted by molar-refractivity contribution is 1.50. The third-order valence-electron chi connectivity index (χ3n) is 3.71. The lowest BCUT2D eigenvalue weighted by atomic mass is 9.93. The van der Waals surface area contributed by atoms with Gasteiger partial charge in [-0.25, -0.2) is 0 Å². The number of hydrogen-bond acceptors (Lipinski definition) is 0. The Hall–Kier alpha value is -0.620. The van der Waals surface area contributed by atoms with Crippen molar-refractivity contribution in [2.45, 2.75) is 4.43 Å². The van der Waals surface area contributed by atoms with Gasteiger partial charge in [-0.1, -0.05) is 59.0 Å². The van der Waals surface area contributed by atoms with Crippen molar-refractivity contribution in [2.75, 3.05) is 0 Å². The molecule has 0 aliphatic rings. The van der Waals surface area contributed by atoms with E-state index in [2.05, 4.69) is 93.7 Å². The second-order valence-corrected chi connectivity index (χ2v) is 6.92. The molecule has 0 atom stereocenters. The molecule has 0 saturated heterocycles. The molecule has 0 nitrogen and oxygen atoms in total. The lowest BCUT2D eigenvalue weighted by Crippen LogP contribution is -1.87. The topological polar surface area (TPSA) is 0 Å². The Labute approximate surface area is 138 Å². The van der Waals surface area contributed by atoms with Gasteiger partial charge < -0.3 is 0 Å². The van der Waals surface area contributed by atoms with Crippen LogP contribution < -0.4 is 0 Å². The first-order chi connectivity index (χ1) is 9.26. The van der Waals surface area contributed by atoms with Crippen LogP contribution in [0.25, 0.3) is 32.3 Å². The molecule has 19 heavy (non-hydrogen) atoms. The Bertz CT molecular complexity index is 842. The summed E-state index contributed by atoms with van der Waals surface area (Å²) in [5.74, 6) is 0. The highest BCUT2D eigenvalue weighted by Gasteiger charge is 2.09. The van der Waals surface area contributed by atoms with Gasteiger partial charge in [0, 0.05) is 8.00 Å². The fourth-order valence-corrected chi connectivity index (χ4v) is 4.05. The van der Waals surface area contributed by atoms with E-state index < -0.39 is 0 Å². The molecule has 0 saturated carbocycles. The number of halogens is 2. The molecular weight excluding hydrogens is 458 g/mol. The SMILES string of the molecule is ICc1cc2ccc3cc(I)cc4ccc(c1)c2c34. The minimum absolute atomic E-state index is 1.06. The van der Waals surface area contributed by atoms with E-state index in [-0.39, 0.29) is 0 Å². The summed E-state index contributed by atoms with van der Waals surface area (Å²) in [7, 11) is 0. The Morgan fingerprint density at radius 1 is 0.684 bits per heavy atom. The van der Waals surface area contributed by atoms with Crippen molar-refractivity contribution in [1.82, 2.24) is 0 Å². The highest BCUT2D eigenvalue weighted by molar-refractivity contribution is 14.1. The average Bonchev–Trinajstić information content (AvgIpc) is 2.43. The van der Waals surface area contributed by atoms with Gasteiger partial charge in [0.15, 0.2) is 0 Å². The van der Waals surface area contributed by atoms with Crippen molar-refractivity contribution in [2.24, 2.45) is 0 Å². The van der Waals surface area contributed by atoms with Crippen LogP contribution in [0.4, 0.5) is 0 Å². The number of rotatable bonds is 1. The van der Waals surface area contributed by atoms with Gasteiger partial charge in [0.2, 0.25) is 0 Å². The van der Waals surface area contributed by atoms with Crippen LogP contribution in [0.15, 0.2) is 48.5 Å². The minimum atomic E-state index is 1.06. The molecule has 0 aromatic heterocycles. The van der Waals surface area contributed by atoms with Crippen molar-refractivity contribution in [3.8, 4) is 0 Å². The van der Waals surface area contributed by atoms with Crippen molar-refractivity contribution in [1.29, 1.82) is 0 Å². The van der Waals surface area contributed by atoms with Crippen LogP contribution in [0, 0.1) is 3.57 Å². The van der Waals surface area contributed by atoms with Crippen LogP contribution in [-0.4, -0.2) is 0 Å². The van der Waals surface area contributed by atoms with Crippen LogP contribution in [-0.2, 0) is 4.43 Å². The first-order valence-corrected chi connectivity index (χ1v) is 8.79. The van der Waals surface area contributed by atoms with Crippen LogP contribution in [0.1, 0.15) is 5.56 Å². The fourth-order valence-electron chi connectivity index (χ4n) is 2.94. The van der Waals surface area contributed by atoms with E-state index in [4.69, 9.17) is 0 Å². The summed E-state index contributed by atoms with van der Waals surface area (Å²) in [5.41, 5.74) is 1.40. The zero-order valence-corrected chi connectivity index (χ0v) is 14.4. The van der Waals surface area contributed by atoms with E-state index in [0.29, 0.717) is 0 Å². The molecule has 0 heterocycles. The Balaban J connectivity index is 2.31. The summed E-state index contributed by atoms with van der Waals surface area (Å²) in [6.07, 6.45) is 0. The van der Waals surface area contributed by atoms with Crippen molar-refractivity contribution < 1.29 is 0 Å². The lowest BCUT2D eigenvalue weighted by Gasteiger charge is -2.12. The molecule has 0 spiro atoms. The third-order valence-corrected chi connectivity index (χ3v) is 5.22. The van der Waals surface area contributed by atoms with Gasteiger partial charge in [-0.3, -0.25) is 0 Å². The molecule has 92 valence electrons. The predicted octanol–water partition coefficient (Wildman–Crippen LogP) is 6.12. The quantitative estimate of drug-likeness (QED) is 0.179. The molecule has 0 aliphatic heterocycles. The maximum atomic E-state index is 2.43. The van der Waals surface area contributed by atoms with Crippen molar-refractivity contribution >= 4 is 77.5 Å². The van der Waals surface area contributed by atoms with Crippen LogP contribution >= 0.6 is 45.2 Å². The van der Waals surface area contributed by atoms with E-state index in [1.54, 1.807) is 0 Å². The molecule has 0 N–H and O–H groups in total. The fraction of sp³-hybridized carbons (Fsp3) is 0.0588. The van der Waals surface area contributed by atoms with Crippen molar-refractivity contribution in [3.63, 3.8) is 0 Å². The predicted molar refractivity (Wildman–Crippen MR) is 101 cm³/mol. The van der Waals surface area contributed by atoms with Crippen molar-refractivity contribution in [3.05, 3.63) is 57.7 Å². The molecule has 4 rings (SSSR count). The second-order valence-electron chi connectivity index (χ2n) is 4.91. The highest BCUT2D eigenvalue weighted by atomic mass is 127. The largest absolute Gasteiger partial charge is 0.0812 e. The molecule has 0 fully saturated rings. The second kappa shape index (κ2) is 4.45. The molecule has 0 radical (unpaired) electrons. The molecular formula is C17H10I2. The van der Waals surface area contributed by atoms with E-state index in [1.807, 2.05) is 0 Å². The normalized spacial score (nSPS) is 11.9. The Morgan fingerprint density at radius 2 is 1.11 bits per heavy atom. The van der Waals surface area contributed by atoms with E-state index >= 15 is 0 Å². The molecule has 0 bridgehead atoms. The van der Waals surface area contributed by atoms with Gasteiger partial charge in [0.05, 0.1) is 0 Å². The number of benzene rings is 4. The van der Waals surface area contributed by atoms with Gasteiger partial charge in [-0.15, -0.1) is 0 Å². The minimum Gasteiger partial charge on any atom is -0.0812 e. The summed E-state index contributed by atoms with van der Waals surface area (Å²) in [4.78, 5) is 0. The maximum Gasteiger partial charge on any atom is 0.0247 e. The van der Waals surface area contributed by atoms with Crippen LogP contribution in [0.3, 0.4) is 0 Å². The molecule has 0 amide bonds. The van der Waals surface area contributed by atoms with Gasteiger partial charge in [-0.2, -0.15) is 0 Å². The van der Waals surface area contributed by atoms with Gasteiger partial charge >= 0.3 is 0 Å².